The van der Waals surface area contributed by atoms with E-state index in [0.717, 1.165) is 10.6 Å². The summed E-state index contributed by atoms with van der Waals surface area (Å²) in [7, 11) is 0. The number of halogens is 5. The fraction of sp³-hybridized carbons (Fsp3) is 0. The van der Waals surface area contributed by atoms with Gasteiger partial charge in [0.1, 0.15) is 11.6 Å². The summed E-state index contributed by atoms with van der Waals surface area (Å²) in [5, 5.41) is 0. The van der Waals surface area contributed by atoms with E-state index in [1.807, 2.05) is 0 Å². The third kappa shape index (κ3) is 2.15. The number of aromatic nitrogens is 2. The number of rotatable bonds is 1. The molecular formula is C13H6BrF4N3. The van der Waals surface area contributed by atoms with Crippen molar-refractivity contribution in [1.82, 2.24) is 9.55 Å². The van der Waals surface area contributed by atoms with Gasteiger partial charge in [0.15, 0.2) is 11.6 Å². The minimum atomic E-state index is -1.33. The normalized spacial score (nSPS) is 11.3. The molecule has 0 aliphatic carbocycles. The highest BCUT2D eigenvalue weighted by Gasteiger charge is 2.18. The van der Waals surface area contributed by atoms with Crippen LogP contribution in [0.25, 0.3) is 16.7 Å². The van der Waals surface area contributed by atoms with Gasteiger partial charge in [-0.05, 0) is 22.0 Å². The van der Waals surface area contributed by atoms with Crippen LogP contribution >= 0.6 is 15.9 Å². The van der Waals surface area contributed by atoms with Crippen molar-refractivity contribution >= 4 is 32.9 Å². The highest BCUT2D eigenvalue weighted by Crippen LogP contribution is 2.29. The Labute approximate surface area is 124 Å². The van der Waals surface area contributed by atoms with Crippen LogP contribution in [0.3, 0.4) is 0 Å². The Morgan fingerprint density at radius 1 is 0.905 bits per heavy atom. The lowest BCUT2D eigenvalue weighted by atomic mass is 10.2. The van der Waals surface area contributed by atoms with Gasteiger partial charge in [-0.25, -0.2) is 22.5 Å². The molecule has 3 aromatic rings. The quantitative estimate of drug-likeness (QED) is 0.528. The van der Waals surface area contributed by atoms with Crippen LogP contribution in [0, 0.1) is 23.3 Å². The molecule has 0 fully saturated rings. The third-order valence-corrected chi connectivity index (χ3v) is 3.56. The summed E-state index contributed by atoms with van der Waals surface area (Å²) < 4.78 is 55.0. The standard InChI is InChI=1S/C13H6BrF4N3/c14-5-1-10-12(3-6(5)15)21(13(19)20-10)11-4-8(17)7(16)2-9(11)18/h1-4H,(H2,19,20). The van der Waals surface area contributed by atoms with Gasteiger partial charge in [0.2, 0.25) is 5.95 Å². The summed E-state index contributed by atoms with van der Waals surface area (Å²) in [6.07, 6.45) is 0. The minimum Gasteiger partial charge on any atom is -0.369 e. The summed E-state index contributed by atoms with van der Waals surface area (Å²) in [6, 6.07) is 3.46. The van der Waals surface area contributed by atoms with Crippen LogP contribution < -0.4 is 5.73 Å². The second-order valence-electron chi connectivity index (χ2n) is 4.28. The maximum atomic E-state index is 13.9. The third-order valence-electron chi connectivity index (χ3n) is 2.95. The number of nitrogen functional groups attached to an aromatic ring is 1. The molecule has 0 aliphatic heterocycles. The van der Waals surface area contributed by atoms with Gasteiger partial charge in [-0.15, -0.1) is 0 Å². The van der Waals surface area contributed by atoms with Crippen molar-refractivity contribution in [1.29, 1.82) is 0 Å². The molecule has 0 saturated heterocycles. The molecular weight excluding hydrogens is 354 g/mol. The number of benzene rings is 2. The Kier molecular flexibility index (Phi) is 3.12. The van der Waals surface area contributed by atoms with Crippen molar-refractivity contribution in [2.24, 2.45) is 0 Å². The summed E-state index contributed by atoms with van der Waals surface area (Å²) in [5.41, 5.74) is 5.74. The average molecular weight is 360 g/mol. The predicted molar refractivity (Wildman–Crippen MR) is 73.0 cm³/mol. The lowest BCUT2D eigenvalue weighted by Crippen LogP contribution is -2.04. The van der Waals surface area contributed by atoms with E-state index in [1.165, 1.54) is 6.07 Å². The van der Waals surface area contributed by atoms with Gasteiger partial charge < -0.3 is 5.73 Å². The van der Waals surface area contributed by atoms with Crippen LogP contribution in [0.2, 0.25) is 0 Å². The van der Waals surface area contributed by atoms with Crippen LogP contribution in [0.1, 0.15) is 0 Å². The molecule has 0 unspecified atom stereocenters. The van der Waals surface area contributed by atoms with Crippen molar-refractivity contribution in [3.63, 3.8) is 0 Å². The summed E-state index contributed by atoms with van der Waals surface area (Å²) >= 11 is 2.99. The number of hydrogen-bond acceptors (Lipinski definition) is 2. The zero-order valence-corrected chi connectivity index (χ0v) is 11.8. The fourth-order valence-corrected chi connectivity index (χ4v) is 2.36. The lowest BCUT2D eigenvalue weighted by Gasteiger charge is -2.08. The predicted octanol–water partition coefficient (Wildman–Crippen LogP) is 3.93. The van der Waals surface area contributed by atoms with Crippen LogP contribution in [0.5, 0.6) is 0 Å². The molecule has 3 rings (SSSR count). The molecule has 0 atom stereocenters. The van der Waals surface area contributed by atoms with Crippen molar-refractivity contribution < 1.29 is 17.6 Å². The molecule has 0 saturated carbocycles. The second-order valence-corrected chi connectivity index (χ2v) is 5.13. The first-order valence-corrected chi connectivity index (χ1v) is 6.45. The second kappa shape index (κ2) is 4.73. The topological polar surface area (TPSA) is 43.8 Å². The monoisotopic (exact) mass is 359 g/mol. The van der Waals surface area contributed by atoms with Crippen molar-refractivity contribution in [2.45, 2.75) is 0 Å². The SMILES string of the molecule is Nc1nc2cc(Br)c(F)cc2n1-c1cc(F)c(F)cc1F. The summed E-state index contributed by atoms with van der Waals surface area (Å²) in [4.78, 5) is 3.95. The molecule has 0 aliphatic rings. The van der Waals surface area contributed by atoms with Gasteiger partial charge in [0, 0.05) is 18.2 Å². The van der Waals surface area contributed by atoms with Gasteiger partial charge in [-0.2, -0.15) is 0 Å². The number of nitrogens with zero attached hydrogens (tertiary/aromatic N) is 2. The number of anilines is 1. The zero-order valence-electron chi connectivity index (χ0n) is 10.2. The largest absolute Gasteiger partial charge is 0.369 e. The summed E-state index contributed by atoms with van der Waals surface area (Å²) in [6.45, 7) is 0. The molecule has 0 bridgehead atoms. The molecule has 2 aromatic carbocycles. The molecule has 1 aromatic heterocycles. The fourth-order valence-electron chi connectivity index (χ4n) is 2.03. The molecule has 2 N–H and O–H groups in total. The minimum absolute atomic E-state index is 0.137. The Morgan fingerprint density at radius 2 is 1.57 bits per heavy atom. The first-order chi connectivity index (χ1) is 9.88. The van der Waals surface area contributed by atoms with E-state index in [4.69, 9.17) is 5.73 Å². The summed E-state index contributed by atoms with van der Waals surface area (Å²) in [5.74, 6) is -4.40. The van der Waals surface area contributed by atoms with Crippen LogP contribution in [0.15, 0.2) is 28.7 Å². The van der Waals surface area contributed by atoms with E-state index < -0.39 is 23.3 Å². The number of nitrogens with two attached hydrogens (primary N) is 1. The maximum Gasteiger partial charge on any atom is 0.206 e. The van der Waals surface area contributed by atoms with Gasteiger partial charge in [0.05, 0.1) is 21.2 Å². The maximum absolute atomic E-state index is 13.9. The van der Waals surface area contributed by atoms with Crippen molar-refractivity contribution in [2.75, 3.05) is 5.73 Å². The van der Waals surface area contributed by atoms with Crippen molar-refractivity contribution in [3.05, 3.63) is 52.0 Å². The highest BCUT2D eigenvalue weighted by atomic mass is 79.9. The number of fused-ring (bicyclic) bond motifs is 1. The van der Waals surface area contributed by atoms with Crippen LogP contribution in [-0.4, -0.2) is 9.55 Å². The van der Waals surface area contributed by atoms with Crippen LogP contribution in [-0.2, 0) is 0 Å². The molecule has 0 radical (unpaired) electrons. The van der Waals surface area contributed by atoms with Gasteiger partial charge >= 0.3 is 0 Å². The Hall–Kier alpha value is -2.09. The van der Waals surface area contributed by atoms with E-state index in [0.29, 0.717) is 12.1 Å². The number of hydrogen-bond donors (Lipinski definition) is 1. The van der Waals surface area contributed by atoms with E-state index in [2.05, 4.69) is 20.9 Å². The first-order valence-electron chi connectivity index (χ1n) is 5.66. The lowest BCUT2D eigenvalue weighted by molar-refractivity contribution is 0.493. The molecule has 3 nitrogen and oxygen atoms in total. The molecule has 8 heteroatoms. The highest BCUT2D eigenvalue weighted by molar-refractivity contribution is 9.10. The molecule has 0 amide bonds. The smallest absolute Gasteiger partial charge is 0.206 e. The Morgan fingerprint density at radius 3 is 2.29 bits per heavy atom. The molecule has 0 spiro atoms. The van der Waals surface area contributed by atoms with Crippen LogP contribution in [0.4, 0.5) is 23.5 Å². The Balaban J connectivity index is 2.37. The zero-order chi connectivity index (χ0) is 15.3. The van der Waals surface area contributed by atoms with E-state index in [1.54, 1.807) is 0 Å². The van der Waals surface area contributed by atoms with Crippen molar-refractivity contribution in [3.8, 4) is 5.69 Å². The van der Waals surface area contributed by atoms with Gasteiger partial charge in [-0.3, -0.25) is 4.57 Å². The van der Waals surface area contributed by atoms with E-state index >= 15 is 0 Å². The number of imidazole rings is 1. The van der Waals surface area contributed by atoms with Gasteiger partial charge in [0.25, 0.3) is 0 Å². The Bertz CT molecular complexity index is 876. The van der Waals surface area contributed by atoms with Gasteiger partial charge in [-0.1, -0.05) is 0 Å². The van der Waals surface area contributed by atoms with E-state index in [-0.39, 0.29) is 27.1 Å². The molecule has 1 heterocycles. The average Bonchev–Trinajstić information content (AvgIpc) is 2.70. The molecule has 21 heavy (non-hydrogen) atoms. The first kappa shape index (κ1) is 13.9. The molecule has 108 valence electrons. The van der Waals surface area contributed by atoms with E-state index in [9.17, 15) is 17.6 Å².